The maximum atomic E-state index is 10.4. The summed E-state index contributed by atoms with van der Waals surface area (Å²) >= 11 is 1.08. The van der Waals surface area contributed by atoms with Gasteiger partial charge in [0.1, 0.15) is 0 Å². The molecule has 5 heteroatoms. The molecule has 0 unspecified atom stereocenters. The van der Waals surface area contributed by atoms with Crippen LogP contribution in [-0.4, -0.2) is 21.2 Å². The van der Waals surface area contributed by atoms with Crippen molar-refractivity contribution in [2.45, 2.75) is 24.3 Å². The Bertz CT molecular complexity index is 317. The highest BCUT2D eigenvalue weighted by molar-refractivity contribution is 8.00. The van der Waals surface area contributed by atoms with Gasteiger partial charge in [-0.05, 0) is 19.9 Å². The zero-order chi connectivity index (χ0) is 9.84. The van der Waals surface area contributed by atoms with Crippen LogP contribution in [0, 0.1) is 6.92 Å². The predicted molar refractivity (Wildman–Crippen MR) is 47.1 cm³/mol. The number of hydrogen-bond acceptors (Lipinski definition) is 5. The van der Waals surface area contributed by atoms with Crippen LogP contribution in [0.4, 0.5) is 0 Å². The van der Waals surface area contributed by atoms with E-state index in [1.54, 1.807) is 19.2 Å². The second-order valence-electron chi connectivity index (χ2n) is 2.56. The van der Waals surface area contributed by atoms with E-state index in [0.29, 0.717) is 5.16 Å². The van der Waals surface area contributed by atoms with Gasteiger partial charge in [-0.3, -0.25) is 0 Å². The molecule has 1 aromatic rings. The highest BCUT2D eigenvalue weighted by Crippen LogP contribution is 2.17. The molecule has 13 heavy (non-hydrogen) atoms. The van der Waals surface area contributed by atoms with E-state index in [-0.39, 0.29) is 0 Å². The molecule has 0 bridgehead atoms. The fourth-order valence-corrected chi connectivity index (χ4v) is 1.42. The van der Waals surface area contributed by atoms with Crippen LogP contribution >= 0.6 is 11.8 Å². The number of aromatic nitrogens is 2. The van der Waals surface area contributed by atoms with Crippen LogP contribution < -0.4 is 5.11 Å². The molecule has 0 aliphatic rings. The number of aryl methyl sites for hydroxylation is 1. The molecule has 4 nitrogen and oxygen atoms in total. The molecule has 1 atom stereocenters. The summed E-state index contributed by atoms with van der Waals surface area (Å²) in [7, 11) is 0. The van der Waals surface area contributed by atoms with Crippen molar-refractivity contribution in [1.82, 2.24) is 9.97 Å². The van der Waals surface area contributed by atoms with Gasteiger partial charge in [0.15, 0.2) is 5.16 Å². The highest BCUT2D eigenvalue weighted by atomic mass is 32.2. The van der Waals surface area contributed by atoms with Gasteiger partial charge in [-0.25, -0.2) is 9.97 Å². The van der Waals surface area contributed by atoms with Gasteiger partial charge in [-0.1, -0.05) is 11.8 Å². The maximum Gasteiger partial charge on any atom is 0.188 e. The van der Waals surface area contributed by atoms with E-state index in [2.05, 4.69) is 9.97 Å². The first-order valence-electron chi connectivity index (χ1n) is 3.77. The number of carboxylic acids is 1. The van der Waals surface area contributed by atoms with Gasteiger partial charge < -0.3 is 9.90 Å². The third kappa shape index (κ3) is 3.02. The van der Waals surface area contributed by atoms with Crippen molar-refractivity contribution < 1.29 is 9.90 Å². The van der Waals surface area contributed by atoms with E-state index >= 15 is 0 Å². The molecule has 0 radical (unpaired) electrons. The van der Waals surface area contributed by atoms with E-state index in [0.717, 1.165) is 17.5 Å². The van der Waals surface area contributed by atoms with E-state index in [1.165, 1.54) is 0 Å². The Morgan fingerprint density at radius 2 is 2.38 bits per heavy atom. The summed E-state index contributed by atoms with van der Waals surface area (Å²) in [5, 5.41) is 10.2. The van der Waals surface area contributed by atoms with Crippen LogP contribution in [0.1, 0.15) is 12.6 Å². The average molecular weight is 197 g/mol. The molecule has 0 N–H and O–H groups in total. The third-order valence-corrected chi connectivity index (χ3v) is 2.34. The zero-order valence-electron chi connectivity index (χ0n) is 7.35. The van der Waals surface area contributed by atoms with Crippen molar-refractivity contribution in [1.29, 1.82) is 0 Å². The van der Waals surface area contributed by atoms with Crippen LogP contribution in [0.3, 0.4) is 0 Å². The molecule has 0 amide bonds. The standard InChI is InChI=1S/C8H10N2O2S/c1-5-3-4-9-8(10-5)13-6(2)7(11)12/h3-4,6H,1-2H3,(H,11,12)/p-1/t6-/m0/s1. The Balaban J connectivity index is 2.69. The topological polar surface area (TPSA) is 65.9 Å². The summed E-state index contributed by atoms with van der Waals surface area (Å²) in [5.41, 5.74) is 0.822. The molecule has 70 valence electrons. The monoisotopic (exact) mass is 197 g/mol. The second kappa shape index (κ2) is 4.23. The Morgan fingerprint density at radius 3 is 2.92 bits per heavy atom. The highest BCUT2D eigenvalue weighted by Gasteiger charge is 2.06. The predicted octanol–water partition coefficient (Wildman–Crippen LogP) is 0.0155. The maximum absolute atomic E-state index is 10.4. The molecule has 1 heterocycles. The first kappa shape index (κ1) is 9.98. The van der Waals surface area contributed by atoms with Crippen molar-refractivity contribution in [3.63, 3.8) is 0 Å². The lowest BCUT2D eigenvalue weighted by molar-refractivity contribution is -0.304. The summed E-state index contributed by atoms with van der Waals surface area (Å²) in [6, 6.07) is 1.76. The molecule has 0 aliphatic carbocycles. The number of rotatable bonds is 3. The number of hydrogen-bond donors (Lipinski definition) is 0. The Hall–Kier alpha value is -1.10. The van der Waals surface area contributed by atoms with Gasteiger partial charge in [-0.2, -0.15) is 0 Å². The van der Waals surface area contributed by atoms with Crippen LogP contribution in [-0.2, 0) is 4.79 Å². The van der Waals surface area contributed by atoms with Crippen molar-refractivity contribution >= 4 is 17.7 Å². The number of carbonyl (C=O) groups excluding carboxylic acids is 1. The van der Waals surface area contributed by atoms with Crippen molar-refractivity contribution in [3.8, 4) is 0 Å². The summed E-state index contributed by atoms with van der Waals surface area (Å²) < 4.78 is 0. The van der Waals surface area contributed by atoms with E-state index in [4.69, 9.17) is 0 Å². The summed E-state index contributed by atoms with van der Waals surface area (Å²) in [4.78, 5) is 18.4. The lowest BCUT2D eigenvalue weighted by Gasteiger charge is -2.10. The van der Waals surface area contributed by atoms with Gasteiger partial charge in [0, 0.05) is 17.1 Å². The fraction of sp³-hybridized carbons (Fsp3) is 0.375. The summed E-state index contributed by atoms with van der Waals surface area (Å²) in [6.45, 7) is 3.38. The molecule has 0 fully saturated rings. The Labute approximate surface area is 80.4 Å². The molecule has 0 aliphatic heterocycles. The third-order valence-electron chi connectivity index (χ3n) is 1.39. The van der Waals surface area contributed by atoms with Crippen molar-refractivity contribution in [3.05, 3.63) is 18.0 Å². The number of carboxylic acid groups (broad SMARTS) is 1. The molecular formula is C8H9N2O2S-. The van der Waals surface area contributed by atoms with Gasteiger partial charge in [-0.15, -0.1) is 0 Å². The van der Waals surface area contributed by atoms with Gasteiger partial charge >= 0.3 is 0 Å². The molecule has 0 spiro atoms. The number of aliphatic carboxylic acids is 1. The largest absolute Gasteiger partial charge is 0.549 e. The zero-order valence-corrected chi connectivity index (χ0v) is 8.17. The first-order chi connectivity index (χ1) is 6.09. The second-order valence-corrected chi connectivity index (χ2v) is 3.87. The Morgan fingerprint density at radius 1 is 1.69 bits per heavy atom. The lowest BCUT2D eigenvalue weighted by Crippen LogP contribution is -2.31. The number of carbonyl (C=O) groups is 1. The van der Waals surface area contributed by atoms with Crippen LogP contribution in [0.5, 0.6) is 0 Å². The van der Waals surface area contributed by atoms with Crippen molar-refractivity contribution in [2.75, 3.05) is 0 Å². The van der Waals surface area contributed by atoms with Gasteiger partial charge in [0.05, 0.1) is 5.97 Å². The average Bonchev–Trinajstić information content (AvgIpc) is 2.04. The summed E-state index contributed by atoms with van der Waals surface area (Å²) in [5.74, 6) is -1.10. The van der Waals surface area contributed by atoms with Crippen LogP contribution in [0.25, 0.3) is 0 Å². The molecule has 0 saturated carbocycles. The van der Waals surface area contributed by atoms with E-state index < -0.39 is 11.2 Å². The smallest absolute Gasteiger partial charge is 0.188 e. The minimum absolute atomic E-state index is 0.469. The van der Waals surface area contributed by atoms with Crippen LogP contribution in [0.15, 0.2) is 17.4 Å². The van der Waals surface area contributed by atoms with Crippen molar-refractivity contribution in [2.24, 2.45) is 0 Å². The molecule has 1 aromatic heterocycles. The Kier molecular flexibility index (Phi) is 3.25. The van der Waals surface area contributed by atoms with Gasteiger partial charge in [0.25, 0.3) is 0 Å². The molecule has 0 aromatic carbocycles. The quantitative estimate of drug-likeness (QED) is 0.504. The fourth-order valence-electron chi connectivity index (χ4n) is 0.689. The van der Waals surface area contributed by atoms with E-state index in [9.17, 15) is 9.90 Å². The lowest BCUT2D eigenvalue weighted by atomic mass is 10.5. The first-order valence-corrected chi connectivity index (χ1v) is 4.64. The van der Waals surface area contributed by atoms with E-state index in [1.807, 2.05) is 6.92 Å². The van der Waals surface area contributed by atoms with Crippen LogP contribution in [0.2, 0.25) is 0 Å². The number of nitrogens with zero attached hydrogens (tertiary/aromatic N) is 2. The molecule has 1 rings (SSSR count). The molecular weight excluding hydrogens is 188 g/mol. The van der Waals surface area contributed by atoms with Gasteiger partial charge in [0.2, 0.25) is 0 Å². The number of thioether (sulfide) groups is 1. The SMILES string of the molecule is Cc1ccnc(S[C@@H](C)C(=O)[O-])n1. The summed E-state index contributed by atoms with van der Waals surface area (Å²) in [6.07, 6.45) is 1.60. The normalized spacial score (nSPS) is 12.5. The minimum atomic E-state index is -1.10. The minimum Gasteiger partial charge on any atom is -0.549 e. The molecule has 0 saturated heterocycles.